The van der Waals surface area contributed by atoms with Crippen LogP contribution in [0.1, 0.15) is 84.1 Å². The molecule has 1 fully saturated rings. The molecule has 1 aromatic carbocycles. The standard InChI is InChI=1S/C33H54N6O6/c1-5-7-9-13-29(41)36-27(23-25-14-16-26(17-15-25)45-33(44)39-21-19-38(4)20-22-39)31(42)37-30(24(3)6-2)32(43)35-18-11-8-10-12-28(34)40/h14-17,24,27,30H,5-13,18-23H2,1-4H3,(H2,34,40)(H,35,43)(H,36,41)(H,37,42)/t24-,27-,30-/m0/s1. The zero-order valence-corrected chi connectivity index (χ0v) is 27.6. The SMILES string of the molecule is CCCCCC(=O)N[C@@H](Cc1ccc(OC(=O)N2CCN(C)CC2)cc1)C(=O)N[C@H](C(=O)NCCCCCC(N)=O)[C@@H](C)CC. The molecule has 1 heterocycles. The van der Waals surface area contributed by atoms with Gasteiger partial charge in [0, 0.05) is 52.0 Å². The molecule has 3 atom stereocenters. The van der Waals surface area contributed by atoms with Crippen molar-refractivity contribution in [2.24, 2.45) is 11.7 Å². The molecule has 1 saturated heterocycles. The van der Waals surface area contributed by atoms with Gasteiger partial charge in [0.1, 0.15) is 17.8 Å². The monoisotopic (exact) mass is 630 g/mol. The van der Waals surface area contributed by atoms with Crippen molar-refractivity contribution in [3.8, 4) is 5.75 Å². The number of carbonyl (C=O) groups excluding carboxylic acids is 5. The molecule has 1 aliphatic heterocycles. The number of carbonyl (C=O) groups is 5. The molecule has 1 aromatic rings. The molecule has 252 valence electrons. The second-order valence-corrected chi connectivity index (χ2v) is 12.0. The van der Waals surface area contributed by atoms with E-state index in [1.165, 1.54) is 0 Å². The number of unbranched alkanes of at least 4 members (excludes halogenated alkanes) is 4. The van der Waals surface area contributed by atoms with Crippen molar-refractivity contribution < 1.29 is 28.7 Å². The van der Waals surface area contributed by atoms with E-state index in [4.69, 9.17) is 10.5 Å². The molecule has 0 aliphatic carbocycles. The van der Waals surface area contributed by atoms with E-state index in [0.717, 1.165) is 44.3 Å². The molecule has 2 rings (SSSR count). The van der Waals surface area contributed by atoms with Gasteiger partial charge in [0.25, 0.3) is 0 Å². The predicted molar refractivity (Wildman–Crippen MR) is 173 cm³/mol. The molecule has 12 heteroatoms. The molecule has 5 N–H and O–H groups in total. The molecule has 0 saturated carbocycles. The number of amides is 5. The molecule has 0 bridgehead atoms. The van der Waals surface area contributed by atoms with E-state index in [-0.39, 0.29) is 30.1 Å². The molecular formula is C33H54N6O6. The molecule has 0 aromatic heterocycles. The van der Waals surface area contributed by atoms with Crippen LogP contribution in [0.25, 0.3) is 0 Å². The van der Waals surface area contributed by atoms with Gasteiger partial charge in [-0.05, 0) is 49.9 Å². The number of likely N-dealkylation sites (N-methyl/N-ethyl adjacent to an activating group) is 1. The van der Waals surface area contributed by atoms with Crippen molar-refractivity contribution in [1.29, 1.82) is 0 Å². The van der Waals surface area contributed by atoms with Gasteiger partial charge in [-0.15, -0.1) is 0 Å². The van der Waals surface area contributed by atoms with Crippen LogP contribution in [0.4, 0.5) is 4.79 Å². The maximum atomic E-state index is 13.6. The zero-order chi connectivity index (χ0) is 33.2. The summed E-state index contributed by atoms with van der Waals surface area (Å²) >= 11 is 0. The summed E-state index contributed by atoms with van der Waals surface area (Å²) in [4.78, 5) is 66.8. The van der Waals surface area contributed by atoms with Crippen molar-refractivity contribution >= 4 is 29.7 Å². The Morgan fingerprint density at radius 3 is 2.16 bits per heavy atom. The number of primary amides is 1. The highest BCUT2D eigenvalue weighted by atomic mass is 16.6. The first-order valence-electron chi connectivity index (χ1n) is 16.4. The number of nitrogens with two attached hydrogens (primary N) is 1. The van der Waals surface area contributed by atoms with Crippen LogP contribution in [0.5, 0.6) is 5.75 Å². The molecule has 0 spiro atoms. The van der Waals surface area contributed by atoms with Gasteiger partial charge in [0.15, 0.2) is 0 Å². The minimum absolute atomic E-state index is 0.140. The lowest BCUT2D eigenvalue weighted by atomic mass is 9.97. The fourth-order valence-electron chi connectivity index (χ4n) is 4.97. The van der Waals surface area contributed by atoms with Gasteiger partial charge in [-0.25, -0.2) is 4.79 Å². The Kier molecular flexibility index (Phi) is 17.0. The summed E-state index contributed by atoms with van der Waals surface area (Å²) in [6.45, 7) is 9.12. The number of hydrogen-bond acceptors (Lipinski definition) is 7. The second-order valence-electron chi connectivity index (χ2n) is 12.0. The lowest BCUT2D eigenvalue weighted by Gasteiger charge is -2.31. The van der Waals surface area contributed by atoms with Crippen LogP contribution in [0.15, 0.2) is 24.3 Å². The fourth-order valence-corrected chi connectivity index (χ4v) is 4.97. The lowest BCUT2D eigenvalue weighted by Crippen LogP contribution is -2.56. The largest absolute Gasteiger partial charge is 0.415 e. The van der Waals surface area contributed by atoms with Gasteiger partial charge in [-0.2, -0.15) is 0 Å². The van der Waals surface area contributed by atoms with E-state index in [1.807, 2.05) is 20.9 Å². The molecule has 5 amide bonds. The van der Waals surface area contributed by atoms with Crippen LogP contribution in [-0.4, -0.2) is 91.4 Å². The third-order valence-electron chi connectivity index (χ3n) is 8.18. The number of rotatable bonds is 19. The minimum atomic E-state index is -0.897. The summed E-state index contributed by atoms with van der Waals surface area (Å²) in [7, 11) is 2.01. The van der Waals surface area contributed by atoms with E-state index in [1.54, 1.807) is 29.2 Å². The first kappa shape index (κ1) is 37.5. The van der Waals surface area contributed by atoms with Crippen molar-refractivity contribution in [1.82, 2.24) is 25.8 Å². The van der Waals surface area contributed by atoms with E-state index in [0.29, 0.717) is 57.5 Å². The predicted octanol–water partition coefficient (Wildman–Crippen LogP) is 2.73. The van der Waals surface area contributed by atoms with Crippen molar-refractivity contribution in [2.75, 3.05) is 39.8 Å². The average Bonchev–Trinajstić information content (AvgIpc) is 3.01. The molecule has 0 radical (unpaired) electrons. The van der Waals surface area contributed by atoms with Crippen LogP contribution in [0, 0.1) is 5.92 Å². The maximum absolute atomic E-state index is 13.6. The number of ether oxygens (including phenoxy) is 1. The van der Waals surface area contributed by atoms with Crippen LogP contribution in [0.2, 0.25) is 0 Å². The Hall–Kier alpha value is -3.67. The zero-order valence-electron chi connectivity index (χ0n) is 27.6. The van der Waals surface area contributed by atoms with E-state index in [2.05, 4.69) is 27.8 Å². The van der Waals surface area contributed by atoms with E-state index >= 15 is 0 Å². The third-order valence-corrected chi connectivity index (χ3v) is 8.18. The first-order chi connectivity index (χ1) is 21.5. The molecule has 0 unspecified atom stereocenters. The number of nitrogens with one attached hydrogen (secondary N) is 3. The van der Waals surface area contributed by atoms with Crippen LogP contribution >= 0.6 is 0 Å². The Labute approximate surface area is 268 Å². The molecule has 45 heavy (non-hydrogen) atoms. The Balaban J connectivity index is 2.06. The molecule has 1 aliphatic rings. The smallest absolute Gasteiger partial charge is 0.410 e. The summed E-state index contributed by atoms with van der Waals surface area (Å²) in [6.07, 6.45) is 5.81. The van der Waals surface area contributed by atoms with Gasteiger partial charge in [-0.3, -0.25) is 19.2 Å². The highest BCUT2D eigenvalue weighted by molar-refractivity contribution is 5.92. The highest BCUT2D eigenvalue weighted by Crippen LogP contribution is 2.16. The number of piperazine rings is 1. The van der Waals surface area contributed by atoms with E-state index in [9.17, 15) is 24.0 Å². The van der Waals surface area contributed by atoms with Crippen molar-refractivity contribution in [3.63, 3.8) is 0 Å². The Morgan fingerprint density at radius 2 is 1.53 bits per heavy atom. The summed E-state index contributed by atoms with van der Waals surface area (Å²) in [6, 6.07) is 5.23. The number of hydrogen-bond donors (Lipinski definition) is 4. The Bertz CT molecular complexity index is 1090. The maximum Gasteiger partial charge on any atom is 0.415 e. The summed E-state index contributed by atoms with van der Waals surface area (Å²) < 4.78 is 5.55. The fraction of sp³-hybridized carbons (Fsp3) is 0.667. The Morgan fingerprint density at radius 1 is 0.867 bits per heavy atom. The number of nitrogens with zero attached hydrogens (tertiary/aromatic N) is 2. The quantitative estimate of drug-likeness (QED) is 0.171. The molecular weight excluding hydrogens is 576 g/mol. The summed E-state index contributed by atoms with van der Waals surface area (Å²) in [5.41, 5.74) is 5.95. The van der Waals surface area contributed by atoms with Crippen LogP contribution in [0.3, 0.4) is 0 Å². The summed E-state index contributed by atoms with van der Waals surface area (Å²) in [5, 5.41) is 8.68. The third kappa shape index (κ3) is 14.3. The van der Waals surface area contributed by atoms with Gasteiger partial charge >= 0.3 is 6.09 Å². The number of benzene rings is 1. The van der Waals surface area contributed by atoms with E-state index < -0.39 is 24.1 Å². The summed E-state index contributed by atoms with van der Waals surface area (Å²) in [5.74, 6) is -1.03. The van der Waals surface area contributed by atoms with Crippen molar-refractivity contribution in [3.05, 3.63) is 29.8 Å². The van der Waals surface area contributed by atoms with Crippen molar-refractivity contribution in [2.45, 2.75) is 97.1 Å². The second kappa shape index (κ2) is 20.4. The lowest BCUT2D eigenvalue weighted by molar-refractivity contribution is -0.133. The van der Waals surface area contributed by atoms with Crippen LogP contribution < -0.4 is 26.4 Å². The van der Waals surface area contributed by atoms with Gasteiger partial charge in [0.05, 0.1) is 0 Å². The van der Waals surface area contributed by atoms with Gasteiger partial charge < -0.3 is 36.2 Å². The first-order valence-corrected chi connectivity index (χ1v) is 16.4. The topological polar surface area (TPSA) is 163 Å². The molecule has 12 nitrogen and oxygen atoms in total. The normalized spacial score (nSPS) is 15.4. The van der Waals surface area contributed by atoms with Crippen LogP contribution in [-0.2, 0) is 25.6 Å². The average molecular weight is 631 g/mol. The van der Waals surface area contributed by atoms with Gasteiger partial charge in [0.2, 0.25) is 23.6 Å². The highest BCUT2D eigenvalue weighted by Gasteiger charge is 2.30. The minimum Gasteiger partial charge on any atom is -0.410 e. The van der Waals surface area contributed by atoms with Gasteiger partial charge in [-0.1, -0.05) is 58.6 Å².